The number of nitrogens with zero attached hydrogens (tertiary/aromatic N) is 2. The Balaban J connectivity index is 1.95. The van der Waals surface area contributed by atoms with Crippen molar-refractivity contribution in [3.8, 4) is 28.7 Å². The zero-order chi connectivity index (χ0) is 13.2. The average molecular weight is 253 g/mol. The normalized spacial score (nSPS) is 10.5. The van der Waals surface area contributed by atoms with Crippen LogP contribution in [0.5, 0.6) is 5.75 Å². The van der Waals surface area contributed by atoms with Crippen molar-refractivity contribution in [1.29, 1.82) is 0 Å². The smallest absolute Gasteiger partial charge is 0.248 e. The molecule has 0 saturated carbocycles. The van der Waals surface area contributed by atoms with Crippen LogP contribution in [0.2, 0.25) is 0 Å². The van der Waals surface area contributed by atoms with Crippen LogP contribution in [-0.2, 0) is 0 Å². The summed E-state index contributed by atoms with van der Waals surface area (Å²) >= 11 is 0. The van der Waals surface area contributed by atoms with E-state index >= 15 is 0 Å². The molecule has 0 saturated heterocycles. The van der Waals surface area contributed by atoms with Gasteiger partial charge in [0.25, 0.3) is 0 Å². The largest absolute Gasteiger partial charge is 0.508 e. The molecule has 3 aromatic rings. The molecule has 94 valence electrons. The number of aromatic hydroxyl groups is 1. The van der Waals surface area contributed by atoms with E-state index in [1.165, 1.54) is 0 Å². The van der Waals surface area contributed by atoms with Crippen LogP contribution in [0.3, 0.4) is 0 Å². The third-order valence-corrected chi connectivity index (χ3v) is 2.70. The number of nitrogens with two attached hydrogens (primary N) is 1. The van der Waals surface area contributed by atoms with Crippen LogP contribution in [0.15, 0.2) is 52.9 Å². The van der Waals surface area contributed by atoms with Gasteiger partial charge in [-0.25, -0.2) is 0 Å². The Bertz CT molecular complexity index is 627. The van der Waals surface area contributed by atoms with Gasteiger partial charge < -0.3 is 15.3 Å². The van der Waals surface area contributed by atoms with Gasteiger partial charge in [0.1, 0.15) is 5.75 Å². The third kappa shape index (κ3) is 2.26. The minimum atomic E-state index is 0.196. The molecule has 3 rings (SSSR count). The summed E-state index contributed by atoms with van der Waals surface area (Å²) in [7, 11) is 0. The first kappa shape index (κ1) is 11.3. The van der Waals surface area contributed by atoms with Crippen LogP contribution in [0.25, 0.3) is 22.9 Å². The summed E-state index contributed by atoms with van der Waals surface area (Å²) in [5.41, 5.74) is 7.88. The summed E-state index contributed by atoms with van der Waals surface area (Å²) < 4.78 is 5.59. The lowest BCUT2D eigenvalue weighted by molar-refractivity contribution is 0.475. The highest BCUT2D eigenvalue weighted by atomic mass is 16.4. The number of phenolic OH excluding ortho intramolecular Hbond substituents is 1. The maximum absolute atomic E-state index is 9.23. The summed E-state index contributed by atoms with van der Waals surface area (Å²) in [5.74, 6) is 1.04. The fourth-order valence-electron chi connectivity index (χ4n) is 1.69. The molecule has 0 amide bonds. The fraction of sp³-hybridized carbons (Fsp3) is 0. The highest BCUT2D eigenvalue weighted by Crippen LogP contribution is 2.25. The van der Waals surface area contributed by atoms with E-state index in [0.29, 0.717) is 17.5 Å². The van der Waals surface area contributed by atoms with Crippen LogP contribution in [0.1, 0.15) is 0 Å². The Morgan fingerprint density at radius 1 is 0.789 bits per heavy atom. The van der Waals surface area contributed by atoms with Gasteiger partial charge in [-0.1, -0.05) is 0 Å². The average Bonchev–Trinajstić information content (AvgIpc) is 2.90. The fourth-order valence-corrected chi connectivity index (χ4v) is 1.69. The molecule has 0 aliphatic carbocycles. The number of hydrogen-bond donors (Lipinski definition) is 2. The lowest BCUT2D eigenvalue weighted by Gasteiger charge is -1.96. The van der Waals surface area contributed by atoms with E-state index in [-0.39, 0.29) is 5.75 Å². The molecule has 0 fully saturated rings. The Morgan fingerprint density at radius 3 is 1.79 bits per heavy atom. The van der Waals surface area contributed by atoms with Crippen LogP contribution in [-0.4, -0.2) is 15.3 Å². The number of rotatable bonds is 2. The second-order valence-electron chi connectivity index (χ2n) is 4.08. The van der Waals surface area contributed by atoms with Crippen LogP contribution in [0.4, 0.5) is 5.69 Å². The maximum atomic E-state index is 9.23. The molecule has 0 radical (unpaired) electrons. The number of phenols is 1. The molecule has 19 heavy (non-hydrogen) atoms. The van der Waals surface area contributed by atoms with Crippen molar-refractivity contribution in [2.24, 2.45) is 0 Å². The number of hydrogen-bond acceptors (Lipinski definition) is 5. The SMILES string of the molecule is Nc1ccc(-c2nnc(-c3ccc(O)cc3)o2)cc1. The van der Waals surface area contributed by atoms with E-state index in [0.717, 1.165) is 11.1 Å². The van der Waals surface area contributed by atoms with Gasteiger partial charge in [0, 0.05) is 16.8 Å². The Labute approximate surface area is 109 Å². The molecule has 0 unspecified atom stereocenters. The highest BCUT2D eigenvalue weighted by Gasteiger charge is 2.10. The first-order chi connectivity index (χ1) is 9.22. The minimum absolute atomic E-state index is 0.196. The van der Waals surface area contributed by atoms with Gasteiger partial charge in [0.2, 0.25) is 11.8 Å². The standard InChI is InChI=1S/C14H11N3O2/c15-11-5-1-9(2-6-11)13-16-17-14(19-13)10-3-7-12(18)8-4-10/h1-8,18H,15H2. The zero-order valence-electron chi connectivity index (χ0n) is 9.95. The van der Waals surface area contributed by atoms with Gasteiger partial charge in [0.05, 0.1) is 0 Å². The van der Waals surface area contributed by atoms with Crippen LogP contribution >= 0.6 is 0 Å². The summed E-state index contributed by atoms with van der Waals surface area (Å²) in [5, 5.41) is 17.2. The molecule has 1 aromatic heterocycles. The zero-order valence-corrected chi connectivity index (χ0v) is 9.95. The van der Waals surface area contributed by atoms with Crippen molar-refractivity contribution in [3.63, 3.8) is 0 Å². The van der Waals surface area contributed by atoms with Crippen LogP contribution in [0, 0.1) is 0 Å². The second kappa shape index (κ2) is 4.45. The quantitative estimate of drug-likeness (QED) is 0.686. The van der Waals surface area contributed by atoms with Crippen molar-refractivity contribution in [1.82, 2.24) is 10.2 Å². The second-order valence-corrected chi connectivity index (χ2v) is 4.08. The highest BCUT2D eigenvalue weighted by molar-refractivity contribution is 5.60. The lowest BCUT2D eigenvalue weighted by Crippen LogP contribution is -1.83. The van der Waals surface area contributed by atoms with Gasteiger partial charge in [0.15, 0.2) is 0 Å². The van der Waals surface area contributed by atoms with Crippen molar-refractivity contribution >= 4 is 5.69 Å². The number of nitrogen functional groups attached to an aromatic ring is 1. The summed E-state index contributed by atoms with van der Waals surface area (Å²) in [6.07, 6.45) is 0. The van der Waals surface area contributed by atoms with Gasteiger partial charge in [-0.05, 0) is 48.5 Å². The maximum Gasteiger partial charge on any atom is 0.248 e. The Kier molecular flexibility index (Phi) is 2.64. The Hall–Kier alpha value is -2.82. The van der Waals surface area contributed by atoms with Crippen molar-refractivity contribution in [2.45, 2.75) is 0 Å². The molecule has 0 atom stereocenters. The summed E-state index contributed by atoms with van der Waals surface area (Å²) in [6, 6.07) is 13.8. The lowest BCUT2D eigenvalue weighted by atomic mass is 10.2. The number of anilines is 1. The molecule has 0 aliphatic rings. The van der Waals surface area contributed by atoms with E-state index in [1.807, 2.05) is 12.1 Å². The van der Waals surface area contributed by atoms with E-state index in [1.54, 1.807) is 36.4 Å². The van der Waals surface area contributed by atoms with Crippen molar-refractivity contribution < 1.29 is 9.52 Å². The third-order valence-electron chi connectivity index (χ3n) is 2.70. The summed E-state index contributed by atoms with van der Waals surface area (Å²) in [4.78, 5) is 0. The molecule has 1 heterocycles. The van der Waals surface area contributed by atoms with Crippen LogP contribution < -0.4 is 5.73 Å². The van der Waals surface area contributed by atoms with Crippen molar-refractivity contribution in [2.75, 3.05) is 5.73 Å². The monoisotopic (exact) mass is 253 g/mol. The molecule has 3 N–H and O–H groups in total. The summed E-state index contributed by atoms with van der Waals surface area (Å²) in [6.45, 7) is 0. The van der Waals surface area contributed by atoms with E-state index in [9.17, 15) is 5.11 Å². The van der Waals surface area contributed by atoms with E-state index in [2.05, 4.69) is 10.2 Å². The van der Waals surface area contributed by atoms with Gasteiger partial charge in [-0.3, -0.25) is 0 Å². The molecular formula is C14H11N3O2. The number of aromatic nitrogens is 2. The van der Waals surface area contributed by atoms with Gasteiger partial charge in [-0.15, -0.1) is 10.2 Å². The molecule has 2 aromatic carbocycles. The molecule has 0 aliphatic heterocycles. The van der Waals surface area contributed by atoms with Gasteiger partial charge in [-0.2, -0.15) is 0 Å². The van der Waals surface area contributed by atoms with Gasteiger partial charge >= 0.3 is 0 Å². The van der Waals surface area contributed by atoms with Crippen molar-refractivity contribution in [3.05, 3.63) is 48.5 Å². The minimum Gasteiger partial charge on any atom is -0.508 e. The molecule has 5 nitrogen and oxygen atoms in total. The predicted molar refractivity (Wildman–Crippen MR) is 71.2 cm³/mol. The van der Waals surface area contributed by atoms with E-state index < -0.39 is 0 Å². The molecular weight excluding hydrogens is 242 g/mol. The molecule has 5 heteroatoms. The first-order valence-electron chi connectivity index (χ1n) is 5.71. The number of benzene rings is 2. The van der Waals surface area contributed by atoms with E-state index in [4.69, 9.17) is 10.2 Å². The molecule has 0 spiro atoms. The topological polar surface area (TPSA) is 85.2 Å². The Morgan fingerprint density at radius 2 is 1.26 bits per heavy atom. The first-order valence-corrected chi connectivity index (χ1v) is 5.71. The predicted octanol–water partition coefficient (Wildman–Crippen LogP) is 2.69. The molecule has 0 bridgehead atoms.